The van der Waals surface area contributed by atoms with Gasteiger partial charge in [0, 0.05) is 5.39 Å². The highest BCUT2D eigenvalue weighted by Gasteiger charge is 2.10. The third kappa shape index (κ3) is 3.75. The predicted octanol–water partition coefficient (Wildman–Crippen LogP) is 4.57. The van der Waals surface area contributed by atoms with Crippen molar-refractivity contribution in [2.75, 3.05) is 7.11 Å². The molecule has 5 heteroatoms. The Morgan fingerprint density at radius 2 is 1.80 bits per heavy atom. The Balaban J connectivity index is 1.83. The van der Waals surface area contributed by atoms with Crippen LogP contribution in [-0.2, 0) is 4.74 Å². The predicted molar refractivity (Wildman–Crippen MR) is 97.9 cm³/mol. The van der Waals surface area contributed by atoms with Crippen molar-refractivity contribution in [2.24, 2.45) is 0 Å². The van der Waals surface area contributed by atoms with E-state index in [1.807, 2.05) is 24.3 Å². The molecule has 0 atom stereocenters. The Hall–Kier alpha value is -2.98. The van der Waals surface area contributed by atoms with Gasteiger partial charge < -0.3 is 4.74 Å². The van der Waals surface area contributed by atoms with Gasteiger partial charge in [0.05, 0.1) is 23.8 Å². The zero-order valence-corrected chi connectivity index (χ0v) is 14.2. The second kappa shape index (κ2) is 7.28. The molecule has 2 aromatic carbocycles. The molecule has 124 valence electrons. The standard InChI is InChI=1S/C20H14ClNO3/c1-25-20(24)14-9-6-13(7-10-14)8-11-18(23)16-12-15-4-2-3-5-17(15)22-19(16)21/h2-12H,1H3/b11-8+. The van der Waals surface area contributed by atoms with Crippen LogP contribution in [0.3, 0.4) is 0 Å². The van der Waals surface area contributed by atoms with Crippen molar-refractivity contribution >= 4 is 40.3 Å². The summed E-state index contributed by atoms with van der Waals surface area (Å²) in [7, 11) is 1.33. The minimum atomic E-state index is -0.402. The summed E-state index contributed by atoms with van der Waals surface area (Å²) < 4.78 is 4.65. The highest BCUT2D eigenvalue weighted by molar-refractivity contribution is 6.34. The quantitative estimate of drug-likeness (QED) is 0.299. The minimum absolute atomic E-state index is 0.175. The second-order valence-corrected chi connectivity index (χ2v) is 5.69. The number of benzene rings is 2. The zero-order valence-electron chi connectivity index (χ0n) is 13.4. The lowest BCUT2D eigenvalue weighted by molar-refractivity contribution is 0.0600. The van der Waals surface area contributed by atoms with E-state index in [1.165, 1.54) is 13.2 Å². The van der Waals surface area contributed by atoms with E-state index >= 15 is 0 Å². The third-order valence-electron chi connectivity index (χ3n) is 3.70. The number of fused-ring (bicyclic) bond motifs is 1. The number of hydrogen-bond acceptors (Lipinski definition) is 4. The average Bonchev–Trinajstić information content (AvgIpc) is 2.65. The minimum Gasteiger partial charge on any atom is -0.465 e. The van der Waals surface area contributed by atoms with Crippen LogP contribution in [0.15, 0.2) is 60.7 Å². The van der Waals surface area contributed by atoms with E-state index in [2.05, 4.69) is 9.72 Å². The summed E-state index contributed by atoms with van der Waals surface area (Å²) in [6.07, 6.45) is 3.10. The van der Waals surface area contributed by atoms with Crippen LogP contribution in [0, 0.1) is 0 Å². The van der Waals surface area contributed by atoms with Gasteiger partial charge in [-0.15, -0.1) is 0 Å². The molecule has 0 N–H and O–H groups in total. The molecule has 0 radical (unpaired) electrons. The van der Waals surface area contributed by atoms with Crippen LogP contribution in [0.2, 0.25) is 5.15 Å². The molecule has 0 aliphatic carbocycles. The number of hydrogen-bond donors (Lipinski definition) is 0. The van der Waals surface area contributed by atoms with Gasteiger partial charge in [-0.1, -0.05) is 48.0 Å². The summed E-state index contributed by atoms with van der Waals surface area (Å²) in [5, 5.41) is 1.03. The fourth-order valence-corrected chi connectivity index (χ4v) is 2.61. The second-order valence-electron chi connectivity index (χ2n) is 5.33. The van der Waals surface area contributed by atoms with Crippen LogP contribution in [-0.4, -0.2) is 23.8 Å². The molecule has 1 aromatic heterocycles. The number of carbonyl (C=O) groups is 2. The number of para-hydroxylation sites is 1. The molecule has 0 aliphatic heterocycles. The van der Waals surface area contributed by atoms with Crippen LogP contribution >= 0.6 is 11.6 Å². The molecule has 0 fully saturated rings. The molecule has 0 unspecified atom stereocenters. The van der Waals surface area contributed by atoms with Gasteiger partial charge in [0.1, 0.15) is 5.15 Å². The first-order valence-corrected chi connectivity index (χ1v) is 7.92. The van der Waals surface area contributed by atoms with Crippen molar-refractivity contribution in [3.8, 4) is 0 Å². The van der Waals surface area contributed by atoms with E-state index in [0.717, 1.165) is 16.5 Å². The number of ketones is 1. The fraction of sp³-hybridized carbons (Fsp3) is 0.0500. The van der Waals surface area contributed by atoms with Gasteiger partial charge in [-0.3, -0.25) is 4.79 Å². The normalized spacial score (nSPS) is 11.0. The molecule has 0 spiro atoms. The largest absolute Gasteiger partial charge is 0.465 e. The number of nitrogens with zero attached hydrogens (tertiary/aromatic N) is 1. The van der Waals surface area contributed by atoms with Gasteiger partial charge >= 0.3 is 5.97 Å². The first-order valence-electron chi connectivity index (χ1n) is 7.54. The molecule has 3 rings (SSSR count). The Morgan fingerprint density at radius 1 is 1.08 bits per heavy atom. The third-order valence-corrected chi connectivity index (χ3v) is 3.99. The van der Waals surface area contributed by atoms with Gasteiger partial charge in [-0.25, -0.2) is 9.78 Å². The molecule has 4 nitrogen and oxygen atoms in total. The van der Waals surface area contributed by atoms with Crippen molar-refractivity contribution in [3.05, 3.63) is 82.5 Å². The summed E-state index contributed by atoms with van der Waals surface area (Å²) in [4.78, 5) is 28.1. The Labute approximate surface area is 149 Å². The van der Waals surface area contributed by atoms with Gasteiger partial charge in [0.25, 0.3) is 0 Å². The Bertz CT molecular complexity index is 978. The van der Waals surface area contributed by atoms with E-state index < -0.39 is 5.97 Å². The SMILES string of the molecule is COC(=O)c1ccc(/C=C/C(=O)c2cc3ccccc3nc2Cl)cc1. The topological polar surface area (TPSA) is 56.3 Å². The molecule has 0 bridgehead atoms. The molecule has 0 saturated carbocycles. The lowest BCUT2D eigenvalue weighted by Gasteiger charge is -2.03. The number of pyridine rings is 1. The van der Waals surface area contributed by atoms with E-state index in [4.69, 9.17) is 11.6 Å². The molecule has 0 amide bonds. The van der Waals surface area contributed by atoms with Gasteiger partial charge in [0.15, 0.2) is 5.78 Å². The zero-order chi connectivity index (χ0) is 17.8. The number of ether oxygens (including phenoxy) is 1. The molecular formula is C20H14ClNO3. The summed E-state index contributed by atoms with van der Waals surface area (Å²) >= 11 is 6.13. The molecular weight excluding hydrogens is 338 g/mol. The monoisotopic (exact) mass is 351 g/mol. The summed E-state index contributed by atoms with van der Waals surface area (Å²) in [6, 6.07) is 15.9. The number of aromatic nitrogens is 1. The first-order chi connectivity index (χ1) is 12.1. The van der Waals surface area contributed by atoms with Crippen molar-refractivity contribution in [3.63, 3.8) is 0 Å². The molecule has 25 heavy (non-hydrogen) atoms. The maximum Gasteiger partial charge on any atom is 0.337 e. The maximum atomic E-state index is 12.4. The first kappa shape index (κ1) is 16.9. The number of carbonyl (C=O) groups excluding carboxylic acids is 2. The average molecular weight is 352 g/mol. The number of methoxy groups -OCH3 is 1. The van der Waals surface area contributed by atoms with Crippen LogP contribution in [0.4, 0.5) is 0 Å². The van der Waals surface area contributed by atoms with Crippen molar-refractivity contribution in [2.45, 2.75) is 0 Å². The highest BCUT2D eigenvalue weighted by atomic mass is 35.5. The highest BCUT2D eigenvalue weighted by Crippen LogP contribution is 2.21. The molecule has 3 aromatic rings. The van der Waals surface area contributed by atoms with Crippen LogP contribution in [0.25, 0.3) is 17.0 Å². The van der Waals surface area contributed by atoms with Crippen molar-refractivity contribution in [1.29, 1.82) is 0 Å². The summed E-state index contributed by atoms with van der Waals surface area (Å²) in [5.41, 5.74) is 2.33. The van der Waals surface area contributed by atoms with Crippen molar-refractivity contribution in [1.82, 2.24) is 4.98 Å². The lowest BCUT2D eigenvalue weighted by atomic mass is 10.1. The lowest BCUT2D eigenvalue weighted by Crippen LogP contribution is -2.00. The van der Waals surface area contributed by atoms with E-state index in [-0.39, 0.29) is 10.9 Å². The maximum absolute atomic E-state index is 12.4. The summed E-state index contributed by atoms with van der Waals surface area (Å²) in [6.45, 7) is 0. The number of allylic oxidation sites excluding steroid dienone is 1. The number of halogens is 1. The van der Waals surface area contributed by atoms with Crippen LogP contribution in [0.5, 0.6) is 0 Å². The van der Waals surface area contributed by atoms with E-state index in [1.54, 1.807) is 36.4 Å². The molecule has 0 saturated heterocycles. The van der Waals surface area contributed by atoms with E-state index in [0.29, 0.717) is 11.1 Å². The number of esters is 1. The van der Waals surface area contributed by atoms with Gasteiger partial charge in [-0.05, 0) is 35.9 Å². The van der Waals surface area contributed by atoms with E-state index in [9.17, 15) is 9.59 Å². The Kier molecular flexibility index (Phi) is 4.91. The molecule has 1 heterocycles. The van der Waals surface area contributed by atoms with Crippen LogP contribution < -0.4 is 0 Å². The van der Waals surface area contributed by atoms with Crippen molar-refractivity contribution < 1.29 is 14.3 Å². The smallest absolute Gasteiger partial charge is 0.337 e. The molecule has 0 aliphatic rings. The number of rotatable bonds is 4. The van der Waals surface area contributed by atoms with Gasteiger partial charge in [-0.2, -0.15) is 0 Å². The Morgan fingerprint density at radius 3 is 2.52 bits per heavy atom. The van der Waals surface area contributed by atoms with Crippen LogP contribution in [0.1, 0.15) is 26.3 Å². The summed E-state index contributed by atoms with van der Waals surface area (Å²) in [5.74, 6) is -0.638. The fourth-order valence-electron chi connectivity index (χ4n) is 2.38. The van der Waals surface area contributed by atoms with Gasteiger partial charge in [0.2, 0.25) is 0 Å².